The molecule has 3 aromatic rings. The van der Waals surface area contributed by atoms with Gasteiger partial charge in [0, 0.05) is 24.5 Å². The molecule has 33 heavy (non-hydrogen) atoms. The number of nitrogens with zero attached hydrogens (tertiary/aromatic N) is 3. The average molecular weight is 457 g/mol. The molecule has 3 heterocycles. The fourth-order valence-electron chi connectivity index (χ4n) is 5.14. The van der Waals surface area contributed by atoms with Crippen LogP contribution < -0.4 is 4.74 Å². The predicted molar refractivity (Wildman–Crippen MR) is 113 cm³/mol. The topological polar surface area (TPSA) is 56.6 Å². The molecule has 3 aliphatic rings. The first-order valence-electron chi connectivity index (χ1n) is 11.0. The smallest absolute Gasteiger partial charge is 0.416 e. The molecule has 2 saturated heterocycles. The highest BCUT2D eigenvalue weighted by Crippen LogP contribution is 2.52. The van der Waals surface area contributed by atoms with E-state index in [1.54, 1.807) is 4.68 Å². The number of alkyl halides is 3. The van der Waals surface area contributed by atoms with E-state index in [4.69, 9.17) is 9.47 Å². The molecule has 172 valence electrons. The van der Waals surface area contributed by atoms with Crippen LogP contribution in [0, 0.1) is 5.92 Å². The predicted octanol–water partition coefficient (Wildman–Crippen LogP) is 4.49. The van der Waals surface area contributed by atoms with Crippen molar-refractivity contribution < 1.29 is 27.4 Å². The minimum atomic E-state index is -4.39. The third-order valence-corrected chi connectivity index (χ3v) is 6.86. The molecular weight excluding hydrogens is 435 g/mol. The number of aryl methyl sites for hydroxylation is 1. The fourth-order valence-corrected chi connectivity index (χ4v) is 5.14. The Morgan fingerprint density at radius 2 is 1.82 bits per heavy atom. The Labute approximate surface area is 187 Å². The molecule has 0 spiro atoms. The van der Waals surface area contributed by atoms with Gasteiger partial charge in [0.1, 0.15) is 11.5 Å². The summed E-state index contributed by atoms with van der Waals surface area (Å²) < 4.78 is 51.7. The molecule has 2 aromatic carbocycles. The zero-order valence-electron chi connectivity index (χ0n) is 17.9. The molecule has 0 radical (unpaired) electrons. The normalized spacial score (nSPS) is 26.2. The molecule has 0 N–H and O–H groups in total. The molecule has 1 saturated carbocycles. The van der Waals surface area contributed by atoms with E-state index >= 15 is 0 Å². The number of carbonyl (C=O) groups is 1. The van der Waals surface area contributed by atoms with Gasteiger partial charge in [0.2, 0.25) is 5.91 Å². The van der Waals surface area contributed by atoms with Gasteiger partial charge in [0.25, 0.3) is 0 Å². The van der Waals surface area contributed by atoms with Crippen molar-refractivity contribution in [1.29, 1.82) is 0 Å². The number of aromatic nitrogens is 2. The van der Waals surface area contributed by atoms with E-state index in [1.165, 1.54) is 12.1 Å². The highest BCUT2D eigenvalue weighted by molar-refractivity contribution is 5.89. The van der Waals surface area contributed by atoms with Gasteiger partial charge in [0.05, 0.1) is 36.4 Å². The first-order valence-corrected chi connectivity index (χ1v) is 11.0. The quantitative estimate of drug-likeness (QED) is 0.580. The van der Waals surface area contributed by atoms with Crippen molar-refractivity contribution in [3.05, 3.63) is 53.7 Å². The number of carbonyl (C=O) groups excluding carboxylic acids is 1. The number of fused-ring (bicyclic) bond motifs is 3. The van der Waals surface area contributed by atoms with Crippen molar-refractivity contribution in [3.8, 4) is 11.5 Å². The third-order valence-electron chi connectivity index (χ3n) is 6.86. The molecule has 2 unspecified atom stereocenters. The van der Waals surface area contributed by atoms with Crippen LogP contribution in [0.15, 0.2) is 42.6 Å². The minimum Gasteiger partial charge on any atom is -0.457 e. The van der Waals surface area contributed by atoms with Crippen LogP contribution in [-0.4, -0.2) is 45.9 Å². The van der Waals surface area contributed by atoms with Crippen molar-refractivity contribution in [2.24, 2.45) is 13.0 Å². The van der Waals surface area contributed by atoms with Crippen LogP contribution in [0.3, 0.4) is 0 Å². The summed E-state index contributed by atoms with van der Waals surface area (Å²) in [5.74, 6) is 0.975. The molecule has 6 rings (SSSR count). The Morgan fingerprint density at radius 3 is 2.48 bits per heavy atom. The van der Waals surface area contributed by atoms with Crippen molar-refractivity contribution >= 4 is 16.8 Å². The van der Waals surface area contributed by atoms with E-state index in [-0.39, 0.29) is 29.8 Å². The second-order valence-corrected chi connectivity index (χ2v) is 9.15. The Bertz CT molecular complexity index is 1220. The monoisotopic (exact) mass is 457 g/mol. The number of amides is 1. The lowest BCUT2D eigenvalue weighted by Gasteiger charge is -2.52. The van der Waals surface area contributed by atoms with Crippen molar-refractivity contribution in [2.75, 3.05) is 13.2 Å². The van der Waals surface area contributed by atoms with Crippen LogP contribution in [0.1, 0.15) is 29.9 Å². The van der Waals surface area contributed by atoms with Crippen LogP contribution in [-0.2, 0) is 22.8 Å². The molecule has 2 aliphatic heterocycles. The number of morpholine rings is 1. The zero-order valence-corrected chi connectivity index (χ0v) is 17.9. The van der Waals surface area contributed by atoms with Crippen molar-refractivity contribution in [3.63, 3.8) is 0 Å². The number of halogens is 3. The van der Waals surface area contributed by atoms with Gasteiger partial charge in [-0.3, -0.25) is 9.48 Å². The Balaban J connectivity index is 1.26. The van der Waals surface area contributed by atoms with E-state index < -0.39 is 11.7 Å². The fraction of sp³-hybridized carbons (Fsp3) is 0.417. The summed E-state index contributed by atoms with van der Waals surface area (Å²) in [5, 5.41) is 5.45. The molecule has 1 aromatic heterocycles. The SMILES string of the molecule is Cn1cc2cc(Oc3ccc(C(F)(F)F)cc3)cc([C@@H]3C[C@H]3C(=O)N3C4COCC3C4)c2n1. The molecule has 6 nitrogen and oxygen atoms in total. The van der Waals surface area contributed by atoms with Crippen LogP contribution in [0.5, 0.6) is 11.5 Å². The number of ether oxygens (including phenoxy) is 2. The maximum Gasteiger partial charge on any atom is 0.416 e. The van der Waals surface area contributed by atoms with Crippen LogP contribution in [0.4, 0.5) is 13.2 Å². The van der Waals surface area contributed by atoms with Gasteiger partial charge in [-0.15, -0.1) is 0 Å². The van der Waals surface area contributed by atoms with E-state index in [0.29, 0.717) is 24.7 Å². The van der Waals surface area contributed by atoms with E-state index in [1.807, 2.05) is 30.3 Å². The Kier molecular flexibility index (Phi) is 4.49. The van der Waals surface area contributed by atoms with E-state index in [2.05, 4.69) is 5.10 Å². The molecule has 2 bridgehead atoms. The maximum absolute atomic E-state index is 13.1. The molecule has 1 amide bonds. The van der Waals surface area contributed by atoms with Crippen LogP contribution in [0.2, 0.25) is 0 Å². The highest BCUT2D eigenvalue weighted by Gasteiger charge is 2.53. The molecule has 3 fully saturated rings. The summed E-state index contributed by atoms with van der Waals surface area (Å²) in [4.78, 5) is 15.1. The molecule has 9 heteroatoms. The van der Waals surface area contributed by atoms with Gasteiger partial charge in [-0.2, -0.15) is 18.3 Å². The zero-order chi connectivity index (χ0) is 22.9. The van der Waals surface area contributed by atoms with Crippen LogP contribution in [0.25, 0.3) is 10.9 Å². The van der Waals surface area contributed by atoms with Gasteiger partial charge < -0.3 is 14.4 Å². The number of benzene rings is 2. The first-order chi connectivity index (χ1) is 15.8. The van der Waals surface area contributed by atoms with Crippen LogP contribution >= 0.6 is 0 Å². The van der Waals surface area contributed by atoms with Gasteiger partial charge >= 0.3 is 6.18 Å². The second-order valence-electron chi connectivity index (χ2n) is 9.15. The van der Waals surface area contributed by atoms with Gasteiger partial charge in [-0.1, -0.05) is 0 Å². The summed E-state index contributed by atoms with van der Waals surface area (Å²) in [6, 6.07) is 8.70. The summed E-state index contributed by atoms with van der Waals surface area (Å²) >= 11 is 0. The second kappa shape index (κ2) is 7.21. The van der Waals surface area contributed by atoms with Gasteiger partial charge in [0.15, 0.2) is 0 Å². The average Bonchev–Trinajstić information content (AvgIpc) is 3.48. The molecule has 1 aliphatic carbocycles. The van der Waals surface area contributed by atoms with Gasteiger partial charge in [-0.05, 0) is 60.7 Å². The summed E-state index contributed by atoms with van der Waals surface area (Å²) in [6.45, 7) is 1.22. The number of hydrogen-bond donors (Lipinski definition) is 0. The number of hydrogen-bond acceptors (Lipinski definition) is 4. The van der Waals surface area contributed by atoms with Gasteiger partial charge in [-0.25, -0.2) is 0 Å². The lowest BCUT2D eigenvalue weighted by Crippen LogP contribution is -2.66. The first kappa shape index (κ1) is 20.5. The lowest BCUT2D eigenvalue weighted by molar-refractivity contribution is -0.168. The maximum atomic E-state index is 13.1. The molecular formula is C24H22F3N3O3. The molecule has 4 atom stereocenters. The van der Waals surface area contributed by atoms with Crippen molar-refractivity contribution in [1.82, 2.24) is 14.7 Å². The summed E-state index contributed by atoms with van der Waals surface area (Å²) in [7, 11) is 1.83. The summed E-state index contributed by atoms with van der Waals surface area (Å²) in [5.41, 5.74) is 1.04. The lowest BCUT2D eigenvalue weighted by atomic mass is 9.90. The Morgan fingerprint density at radius 1 is 1.09 bits per heavy atom. The Hall–Kier alpha value is -3.07. The minimum absolute atomic E-state index is 0.0494. The summed E-state index contributed by atoms with van der Waals surface area (Å²) in [6.07, 6.45) is -0.751. The van der Waals surface area contributed by atoms with E-state index in [0.717, 1.165) is 41.4 Å². The number of rotatable bonds is 4. The van der Waals surface area contributed by atoms with Crippen molar-refractivity contribution in [2.45, 2.75) is 37.0 Å². The third kappa shape index (κ3) is 3.55. The highest BCUT2D eigenvalue weighted by atomic mass is 19.4. The van der Waals surface area contributed by atoms with E-state index in [9.17, 15) is 18.0 Å². The standard InChI is InChI=1S/C24H22F3N3O3/c1-29-10-13-6-18(33-17-4-2-14(3-5-17)24(25,26)27)8-20(22(13)28-29)19-9-21(19)23(31)30-15-7-16(30)12-32-11-15/h2-6,8,10,15-16,19,21H,7,9,11-12H2,1H3/t15?,16?,19-,21+/m0/s1. The largest absolute Gasteiger partial charge is 0.457 e.